The van der Waals surface area contributed by atoms with Crippen LogP contribution in [0.3, 0.4) is 0 Å². The summed E-state index contributed by atoms with van der Waals surface area (Å²) in [7, 11) is 1.46. The van der Waals surface area contributed by atoms with Gasteiger partial charge in [0.1, 0.15) is 0 Å². The largest absolute Gasteiger partial charge is 0.504 e. The zero-order valence-electron chi connectivity index (χ0n) is 11.5. The minimum atomic E-state index is -0.302. The van der Waals surface area contributed by atoms with E-state index >= 15 is 0 Å². The molecule has 0 radical (unpaired) electrons. The predicted molar refractivity (Wildman–Crippen MR) is 78.5 cm³/mol. The number of rotatable bonds is 5. The van der Waals surface area contributed by atoms with Crippen LogP contribution in [-0.4, -0.2) is 23.1 Å². The number of ether oxygens (including phenoxy) is 1. The molecule has 1 aromatic heterocycles. The van der Waals surface area contributed by atoms with E-state index in [0.29, 0.717) is 22.6 Å². The highest BCUT2D eigenvalue weighted by atomic mass is 16.5. The van der Waals surface area contributed by atoms with Gasteiger partial charge in [-0.2, -0.15) is 0 Å². The topological polar surface area (TPSA) is 83.5 Å². The van der Waals surface area contributed by atoms with Crippen molar-refractivity contribution in [2.24, 2.45) is 0 Å². The van der Waals surface area contributed by atoms with Crippen LogP contribution in [0.5, 0.6) is 11.5 Å². The first-order valence-electron chi connectivity index (χ1n) is 6.14. The van der Waals surface area contributed by atoms with Crippen molar-refractivity contribution in [2.75, 3.05) is 7.11 Å². The summed E-state index contributed by atoms with van der Waals surface area (Å²) in [4.78, 5) is 15.7. The van der Waals surface area contributed by atoms with Crippen molar-refractivity contribution < 1.29 is 14.6 Å². The maximum atomic E-state index is 11.9. The monoisotopic (exact) mass is 285 g/mol. The number of benzene rings is 1. The third-order valence-electron chi connectivity index (χ3n) is 2.80. The third-order valence-corrected chi connectivity index (χ3v) is 2.80. The molecule has 1 heterocycles. The van der Waals surface area contributed by atoms with Gasteiger partial charge in [-0.1, -0.05) is 6.58 Å². The fraction of sp³-hybridized carbons (Fsp3) is 0.0667. The second kappa shape index (κ2) is 6.42. The van der Waals surface area contributed by atoms with Crippen LogP contribution in [0.4, 0.5) is 0 Å². The molecule has 1 amide bonds. The Morgan fingerprint density at radius 3 is 2.57 bits per heavy atom. The number of aromatic hydroxyl groups is 1. The van der Waals surface area contributed by atoms with Crippen LogP contribution in [0.1, 0.15) is 15.9 Å². The SMILES string of the molecule is C=C(NNC(=O)c1ccncc1)c1ccc(O)c(OC)c1. The number of hydrazine groups is 1. The molecule has 0 saturated heterocycles. The Bertz CT molecular complexity index is 656. The minimum absolute atomic E-state index is 0.0369. The van der Waals surface area contributed by atoms with E-state index in [9.17, 15) is 9.90 Å². The highest BCUT2D eigenvalue weighted by Crippen LogP contribution is 2.27. The molecule has 0 atom stereocenters. The summed E-state index contributed by atoms with van der Waals surface area (Å²) in [6.45, 7) is 3.82. The molecule has 0 aliphatic heterocycles. The van der Waals surface area contributed by atoms with Gasteiger partial charge in [0.25, 0.3) is 5.91 Å². The molecule has 21 heavy (non-hydrogen) atoms. The van der Waals surface area contributed by atoms with E-state index in [0.717, 1.165) is 0 Å². The smallest absolute Gasteiger partial charge is 0.269 e. The first-order chi connectivity index (χ1) is 10.1. The molecule has 0 aliphatic rings. The highest BCUT2D eigenvalue weighted by Gasteiger charge is 2.07. The van der Waals surface area contributed by atoms with Gasteiger partial charge in [-0.25, -0.2) is 0 Å². The molecule has 108 valence electrons. The summed E-state index contributed by atoms with van der Waals surface area (Å²) in [6, 6.07) is 7.97. The number of nitrogens with one attached hydrogen (secondary N) is 2. The van der Waals surface area contributed by atoms with E-state index in [1.807, 2.05) is 0 Å². The molecule has 6 heteroatoms. The average Bonchev–Trinajstić information content (AvgIpc) is 2.53. The number of methoxy groups -OCH3 is 1. The van der Waals surface area contributed by atoms with Crippen LogP contribution >= 0.6 is 0 Å². The first kappa shape index (κ1) is 14.4. The molecule has 6 nitrogen and oxygen atoms in total. The normalized spacial score (nSPS) is 9.76. The van der Waals surface area contributed by atoms with E-state index in [1.165, 1.54) is 25.6 Å². The van der Waals surface area contributed by atoms with E-state index < -0.39 is 0 Å². The molecular formula is C15H15N3O3. The number of pyridine rings is 1. The maximum absolute atomic E-state index is 11.9. The number of nitrogens with zero attached hydrogens (tertiary/aromatic N) is 1. The third kappa shape index (κ3) is 3.50. The van der Waals surface area contributed by atoms with Gasteiger partial charge in [0.05, 0.1) is 12.8 Å². The Hall–Kier alpha value is -3.02. The maximum Gasteiger partial charge on any atom is 0.269 e. The van der Waals surface area contributed by atoms with Crippen molar-refractivity contribution in [2.45, 2.75) is 0 Å². The summed E-state index contributed by atoms with van der Waals surface area (Å²) < 4.78 is 5.02. The van der Waals surface area contributed by atoms with Crippen molar-refractivity contribution >= 4 is 11.6 Å². The molecular weight excluding hydrogens is 270 g/mol. The molecule has 2 aromatic rings. The van der Waals surface area contributed by atoms with Gasteiger partial charge in [0.15, 0.2) is 11.5 Å². The number of carbonyl (C=O) groups excluding carboxylic acids is 1. The quantitative estimate of drug-likeness (QED) is 0.728. The molecule has 0 unspecified atom stereocenters. The zero-order chi connectivity index (χ0) is 15.2. The Morgan fingerprint density at radius 1 is 1.19 bits per heavy atom. The molecule has 2 rings (SSSR count). The summed E-state index contributed by atoms with van der Waals surface area (Å²) in [5, 5.41) is 9.53. The second-order valence-electron chi connectivity index (χ2n) is 4.18. The average molecular weight is 285 g/mol. The van der Waals surface area contributed by atoms with Crippen molar-refractivity contribution in [3.8, 4) is 11.5 Å². The van der Waals surface area contributed by atoms with Crippen molar-refractivity contribution in [3.63, 3.8) is 0 Å². The summed E-state index contributed by atoms with van der Waals surface area (Å²) >= 11 is 0. The van der Waals surface area contributed by atoms with E-state index in [1.54, 1.807) is 24.3 Å². The molecule has 0 saturated carbocycles. The summed E-state index contributed by atoms with van der Waals surface area (Å²) in [6.07, 6.45) is 3.07. The number of phenolic OH excluding ortho intramolecular Hbond substituents is 1. The Labute approximate surface area is 122 Å². The van der Waals surface area contributed by atoms with E-state index in [4.69, 9.17) is 4.74 Å². The summed E-state index contributed by atoms with van der Waals surface area (Å²) in [5.74, 6) is 0.0649. The number of hydrogen-bond acceptors (Lipinski definition) is 5. The van der Waals surface area contributed by atoms with E-state index in [2.05, 4.69) is 22.4 Å². The van der Waals surface area contributed by atoms with Gasteiger partial charge in [-0.3, -0.25) is 20.6 Å². The van der Waals surface area contributed by atoms with Gasteiger partial charge >= 0.3 is 0 Å². The molecule has 3 N–H and O–H groups in total. The van der Waals surface area contributed by atoms with Gasteiger partial charge in [0, 0.05) is 23.5 Å². The predicted octanol–water partition coefficient (Wildman–Crippen LogP) is 1.70. The first-order valence-corrected chi connectivity index (χ1v) is 6.14. The van der Waals surface area contributed by atoms with Crippen molar-refractivity contribution in [3.05, 3.63) is 60.4 Å². The lowest BCUT2D eigenvalue weighted by Crippen LogP contribution is -2.35. The van der Waals surface area contributed by atoms with Crippen LogP contribution in [0.25, 0.3) is 5.70 Å². The second-order valence-corrected chi connectivity index (χ2v) is 4.18. The lowest BCUT2D eigenvalue weighted by molar-refractivity contribution is 0.0942. The zero-order valence-corrected chi connectivity index (χ0v) is 11.5. The number of hydrogen-bond donors (Lipinski definition) is 3. The van der Waals surface area contributed by atoms with Gasteiger partial charge in [-0.15, -0.1) is 0 Å². The van der Waals surface area contributed by atoms with Gasteiger partial charge in [-0.05, 0) is 30.3 Å². The number of aromatic nitrogens is 1. The Balaban J connectivity index is 2.00. The van der Waals surface area contributed by atoms with Crippen LogP contribution in [0.15, 0.2) is 49.3 Å². The van der Waals surface area contributed by atoms with Crippen LogP contribution in [0, 0.1) is 0 Å². The van der Waals surface area contributed by atoms with Gasteiger partial charge in [0.2, 0.25) is 0 Å². The minimum Gasteiger partial charge on any atom is -0.504 e. The fourth-order valence-corrected chi connectivity index (χ4v) is 1.65. The highest BCUT2D eigenvalue weighted by molar-refractivity contribution is 5.94. The number of amides is 1. The number of carbonyl (C=O) groups is 1. The Kier molecular flexibility index (Phi) is 4.40. The van der Waals surface area contributed by atoms with Crippen LogP contribution in [0.2, 0.25) is 0 Å². The van der Waals surface area contributed by atoms with Crippen LogP contribution in [-0.2, 0) is 0 Å². The number of phenols is 1. The van der Waals surface area contributed by atoms with Crippen molar-refractivity contribution in [1.29, 1.82) is 0 Å². The molecule has 0 bridgehead atoms. The fourth-order valence-electron chi connectivity index (χ4n) is 1.65. The molecule has 0 spiro atoms. The molecule has 1 aromatic carbocycles. The Morgan fingerprint density at radius 2 is 1.90 bits per heavy atom. The lowest BCUT2D eigenvalue weighted by atomic mass is 10.1. The van der Waals surface area contributed by atoms with Crippen LogP contribution < -0.4 is 15.6 Å². The lowest BCUT2D eigenvalue weighted by Gasteiger charge is -2.12. The molecule has 0 fully saturated rings. The standard InChI is InChI=1S/C15H15N3O3/c1-10(12-3-4-13(19)14(9-12)21-2)17-18-15(20)11-5-7-16-8-6-11/h3-9,17,19H,1H2,2H3,(H,18,20). The van der Waals surface area contributed by atoms with E-state index in [-0.39, 0.29) is 11.7 Å². The van der Waals surface area contributed by atoms with Gasteiger partial charge < -0.3 is 9.84 Å². The molecule has 0 aliphatic carbocycles. The van der Waals surface area contributed by atoms with Crippen molar-refractivity contribution in [1.82, 2.24) is 15.8 Å². The summed E-state index contributed by atoms with van der Waals surface area (Å²) in [5.41, 5.74) is 6.87.